The van der Waals surface area contributed by atoms with Crippen LogP contribution in [0.4, 0.5) is 5.69 Å². The molecule has 0 aromatic heterocycles. The van der Waals surface area contributed by atoms with Crippen molar-refractivity contribution >= 4 is 24.2 Å². The fourth-order valence-electron chi connectivity index (χ4n) is 2.81. The highest BCUT2D eigenvalue weighted by molar-refractivity contribution is 7.84. The number of hydrogen-bond acceptors (Lipinski definition) is 5. The molecule has 3 rings (SSSR count). The number of nitrogens with one attached hydrogen (secondary N) is 1. The Labute approximate surface area is 151 Å². The summed E-state index contributed by atoms with van der Waals surface area (Å²) in [6.07, 6.45) is -0.468. The van der Waals surface area contributed by atoms with Crippen LogP contribution in [0.3, 0.4) is 0 Å². The van der Waals surface area contributed by atoms with Crippen molar-refractivity contribution in [3.8, 4) is 11.8 Å². The summed E-state index contributed by atoms with van der Waals surface area (Å²) < 4.78 is 5.20. The Hall–Kier alpha value is -2.91. The topological polar surface area (TPSA) is 65.4 Å². The van der Waals surface area contributed by atoms with Gasteiger partial charge in [0, 0.05) is 5.69 Å². The zero-order valence-corrected chi connectivity index (χ0v) is 14.7. The minimum absolute atomic E-state index is 0.00338. The summed E-state index contributed by atoms with van der Waals surface area (Å²) in [4.78, 5) is 14.2. The number of carbonyl (C=O) groups excluding carboxylic acids is 1. The Morgan fingerprint density at radius 3 is 2.48 bits per heavy atom. The van der Waals surface area contributed by atoms with E-state index in [2.05, 4.69) is 17.9 Å². The Kier molecular flexibility index (Phi) is 4.68. The highest BCUT2D eigenvalue weighted by Crippen LogP contribution is 2.37. The third-order valence-electron chi connectivity index (χ3n) is 4.12. The number of hydrogen-bond donors (Lipinski definition) is 2. The molecule has 5 nitrogen and oxygen atoms in total. The summed E-state index contributed by atoms with van der Waals surface area (Å²) in [7, 11) is 1.60. The van der Waals surface area contributed by atoms with Crippen molar-refractivity contribution in [3.63, 3.8) is 0 Å². The van der Waals surface area contributed by atoms with Crippen LogP contribution in [0.15, 0.2) is 59.1 Å². The van der Waals surface area contributed by atoms with Crippen LogP contribution >= 0.6 is 12.6 Å². The average molecular weight is 351 g/mol. The van der Waals surface area contributed by atoms with Gasteiger partial charge in [-0.25, -0.2) is 0 Å². The quantitative estimate of drug-likeness (QED) is 0.833. The van der Waals surface area contributed by atoms with Crippen LogP contribution in [-0.4, -0.2) is 13.0 Å². The summed E-state index contributed by atoms with van der Waals surface area (Å²) in [5.74, 6) is 0.297. The van der Waals surface area contributed by atoms with Crippen LogP contribution in [0, 0.1) is 18.3 Å². The van der Waals surface area contributed by atoms with Crippen LogP contribution in [0.1, 0.15) is 17.3 Å². The highest BCUT2D eigenvalue weighted by atomic mass is 32.1. The number of nitrogens with zero attached hydrogens (tertiary/aromatic N) is 2. The lowest BCUT2D eigenvalue weighted by atomic mass is 10.1. The second-order valence-corrected chi connectivity index (χ2v) is 6.04. The van der Waals surface area contributed by atoms with Crippen LogP contribution in [0.2, 0.25) is 0 Å². The van der Waals surface area contributed by atoms with Crippen molar-refractivity contribution in [2.24, 2.45) is 0 Å². The van der Waals surface area contributed by atoms with E-state index in [-0.39, 0.29) is 5.57 Å². The normalized spacial score (nSPS) is 17.1. The molecule has 1 amide bonds. The zero-order chi connectivity index (χ0) is 18.0. The fraction of sp³-hybridized carbons (Fsp3) is 0.158. The van der Waals surface area contributed by atoms with E-state index in [1.54, 1.807) is 7.11 Å². The van der Waals surface area contributed by atoms with Crippen LogP contribution in [0.25, 0.3) is 0 Å². The van der Waals surface area contributed by atoms with Gasteiger partial charge in [0.2, 0.25) is 0 Å². The summed E-state index contributed by atoms with van der Waals surface area (Å²) in [6, 6.07) is 17.1. The van der Waals surface area contributed by atoms with E-state index in [1.807, 2.05) is 66.4 Å². The molecule has 1 N–H and O–H groups in total. The molecule has 2 aromatic rings. The summed E-state index contributed by atoms with van der Waals surface area (Å²) in [5, 5.41) is 12.6. The second-order valence-electron chi connectivity index (χ2n) is 5.62. The molecule has 0 saturated heterocycles. The van der Waals surface area contributed by atoms with Gasteiger partial charge in [0.25, 0.3) is 5.91 Å². The number of amides is 1. The first-order valence-electron chi connectivity index (χ1n) is 7.70. The van der Waals surface area contributed by atoms with Gasteiger partial charge in [0.1, 0.15) is 23.6 Å². The second kappa shape index (κ2) is 6.91. The highest BCUT2D eigenvalue weighted by Gasteiger charge is 2.34. The summed E-state index contributed by atoms with van der Waals surface area (Å²) in [5.41, 5.74) is 2.75. The monoisotopic (exact) mass is 351 g/mol. The molecule has 0 spiro atoms. The largest absolute Gasteiger partial charge is 0.497 e. The van der Waals surface area contributed by atoms with Gasteiger partial charge < -0.3 is 15.0 Å². The molecule has 6 heteroatoms. The van der Waals surface area contributed by atoms with Crippen molar-refractivity contribution in [2.75, 3.05) is 12.0 Å². The number of anilines is 1. The lowest BCUT2D eigenvalue weighted by molar-refractivity contribution is -0.118. The van der Waals surface area contributed by atoms with Crippen molar-refractivity contribution in [1.82, 2.24) is 5.32 Å². The lowest BCUT2D eigenvalue weighted by Crippen LogP contribution is -2.46. The van der Waals surface area contributed by atoms with E-state index in [0.717, 1.165) is 22.6 Å². The fourth-order valence-corrected chi connectivity index (χ4v) is 3.19. The van der Waals surface area contributed by atoms with Gasteiger partial charge >= 0.3 is 0 Å². The molecule has 0 fully saturated rings. The first-order valence-corrected chi connectivity index (χ1v) is 8.14. The molecular formula is C19H17N3O2S. The SMILES string of the molecule is COc1ccc([C@@H]2NC(=O)C(C#N)=C(S)N2c2ccccc2C)cc1. The standard InChI is InChI=1S/C19H17N3O2S/c1-12-5-3-4-6-16(12)22-17(13-7-9-14(24-2)10-8-13)21-18(23)15(11-20)19(22)25/h3-10,17,25H,1-2H3,(H,21,23)/t17-/m1/s1. The number of nitriles is 1. The van der Waals surface area contributed by atoms with Crippen molar-refractivity contribution in [2.45, 2.75) is 13.1 Å². The van der Waals surface area contributed by atoms with Gasteiger partial charge in [-0.2, -0.15) is 5.26 Å². The average Bonchev–Trinajstić information content (AvgIpc) is 2.63. The maximum absolute atomic E-state index is 12.3. The Bertz CT molecular complexity index is 884. The number of benzene rings is 2. The Morgan fingerprint density at radius 1 is 1.20 bits per heavy atom. The minimum Gasteiger partial charge on any atom is -0.497 e. The van der Waals surface area contributed by atoms with Gasteiger partial charge in [-0.1, -0.05) is 30.3 Å². The maximum Gasteiger partial charge on any atom is 0.266 e. The predicted octanol–water partition coefficient (Wildman–Crippen LogP) is 3.30. The molecule has 0 radical (unpaired) electrons. The van der Waals surface area contributed by atoms with E-state index >= 15 is 0 Å². The number of ether oxygens (including phenoxy) is 1. The van der Waals surface area contributed by atoms with E-state index in [1.165, 1.54) is 0 Å². The van der Waals surface area contributed by atoms with Crippen LogP contribution in [-0.2, 0) is 4.79 Å². The van der Waals surface area contributed by atoms with Gasteiger partial charge in [-0.05, 0) is 36.2 Å². The number of aryl methyl sites for hydroxylation is 1. The minimum atomic E-state index is -0.468. The molecular weight excluding hydrogens is 334 g/mol. The van der Waals surface area contributed by atoms with Crippen molar-refractivity contribution in [1.29, 1.82) is 5.26 Å². The Morgan fingerprint density at radius 2 is 1.88 bits per heavy atom. The zero-order valence-electron chi connectivity index (χ0n) is 13.9. The van der Waals surface area contributed by atoms with Gasteiger partial charge in [0.15, 0.2) is 0 Å². The first kappa shape index (κ1) is 16.9. The summed E-state index contributed by atoms with van der Waals surface area (Å²) in [6.45, 7) is 1.98. The number of para-hydroxylation sites is 1. The molecule has 2 aromatic carbocycles. The van der Waals surface area contributed by atoms with E-state index < -0.39 is 12.1 Å². The third kappa shape index (κ3) is 3.06. The molecule has 1 atom stereocenters. The molecule has 0 aliphatic carbocycles. The molecule has 25 heavy (non-hydrogen) atoms. The van der Waals surface area contributed by atoms with Crippen molar-refractivity contribution < 1.29 is 9.53 Å². The number of rotatable bonds is 3. The number of thiol groups is 1. The van der Waals surface area contributed by atoms with Gasteiger partial charge in [-0.15, -0.1) is 12.6 Å². The molecule has 0 bridgehead atoms. The smallest absolute Gasteiger partial charge is 0.266 e. The van der Waals surface area contributed by atoms with E-state index in [9.17, 15) is 10.1 Å². The molecule has 126 valence electrons. The molecule has 1 aliphatic rings. The van der Waals surface area contributed by atoms with E-state index in [4.69, 9.17) is 4.74 Å². The van der Waals surface area contributed by atoms with Crippen LogP contribution < -0.4 is 15.0 Å². The maximum atomic E-state index is 12.3. The molecule has 1 heterocycles. The van der Waals surface area contributed by atoms with Crippen molar-refractivity contribution in [3.05, 3.63) is 70.3 Å². The predicted molar refractivity (Wildman–Crippen MR) is 99.2 cm³/mol. The molecule has 0 saturated carbocycles. The Balaban J connectivity index is 2.15. The third-order valence-corrected chi connectivity index (χ3v) is 4.56. The molecule has 1 aliphatic heterocycles. The van der Waals surface area contributed by atoms with Gasteiger partial charge in [0.05, 0.1) is 12.1 Å². The van der Waals surface area contributed by atoms with Gasteiger partial charge in [-0.3, -0.25) is 4.79 Å². The number of carbonyl (C=O) groups is 1. The molecule has 0 unspecified atom stereocenters. The lowest BCUT2D eigenvalue weighted by Gasteiger charge is -2.38. The van der Waals surface area contributed by atoms with E-state index in [0.29, 0.717) is 5.03 Å². The summed E-state index contributed by atoms with van der Waals surface area (Å²) >= 11 is 4.50. The number of methoxy groups -OCH3 is 1. The van der Waals surface area contributed by atoms with Crippen LogP contribution in [0.5, 0.6) is 5.75 Å². The first-order chi connectivity index (χ1) is 12.1.